The molecule has 1 N–H and O–H groups in total. The lowest BCUT2D eigenvalue weighted by Gasteiger charge is -2.21. The monoisotopic (exact) mass is 447 g/mol. The predicted molar refractivity (Wildman–Crippen MR) is 110 cm³/mol. The quantitative estimate of drug-likeness (QED) is 0.414. The molecule has 1 heterocycles. The van der Waals surface area contributed by atoms with Crippen molar-refractivity contribution in [3.05, 3.63) is 29.3 Å². The van der Waals surface area contributed by atoms with Crippen LogP contribution in [0.25, 0.3) is 0 Å². The van der Waals surface area contributed by atoms with Crippen LogP contribution in [0.5, 0.6) is 5.75 Å². The average Bonchev–Trinajstić information content (AvgIpc) is 3.01. The second-order valence-corrected chi connectivity index (χ2v) is 6.03. The molecule has 1 aliphatic rings. The van der Waals surface area contributed by atoms with Crippen LogP contribution in [0.1, 0.15) is 24.5 Å². The van der Waals surface area contributed by atoms with E-state index in [1.54, 1.807) is 14.2 Å². The van der Waals surface area contributed by atoms with Gasteiger partial charge in [0, 0.05) is 32.7 Å². The number of benzene rings is 1. The third-order valence-electron chi connectivity index (χ3n) is 4.21. The number of guanidine groups is 1. The van der Waals surface area contributed by atoms with Crippen molar-refractivity contribution in [3.63, 3.8) is 0 Å². The Bertz CT molecular complexity index is 537. The summed E-state index contributed by atoms with van der Waals surface area (Å²) in [6.07, 6.45) is 1.16. The highest BCUT2D eigenvalue weighted by atomic mass is 127. The lowest BCUT2D eigenvalue weighted by Crippen LogP contribution is -2.40. The number of rotatable bonds is 6. The summed E-state index contributed by atoms with van der Waals surface area (Å²) in [7, 11) is 3.48. The van der Waals surface area contributed by atoms with Gasteiger partial charge in [0.2, 0.25) is 0 Å². The number of hydrogen-bond donors (Lipinski definition) is 1. The summed E-state index contributed by atoms with van der Waals surface area (Å²) in [6, 6.07) is 6.27. The van der Waals surface area contributed by atoms with Crippen LogP contribution >= 0.6 is 24.0 Å². The number of nitrogens with one attached hydrogen (secondary N) is 1. The molecule has 1 aliphatic heterocycles. The molecule has 0 spiro atoms. The molecule has 6 heteroatoms. The van der Waals surface area contributed by atoms with Gasteiger partial charge in [0.05, 0.1) is 20.3 Å². The number of methoxy groups -OCH3 is 2. The lowest BCUT2D eigenvalue weighted by molar-refractivity contribution is 0.157. The topological polar surface area (TPSA) is 46.1 Å². The van der Waals surface area contributed by atoms with Crippen molar-refractivity contribution >= 4 is 29.9 Å². The molecule has 24 heavy (non-hydrogen) atoms. The zero-order valence-corrected chi connectivity index (χ0v) is 17.5. The minimum atomic E-state index is 0. The smallest absolute Gasteiger partial charge is 0.194 e. The van der Waals surface area contributed by atoms with E-state index in [0.29, 0.717) is 12.5 Å². The molecule has 1 saturated heterocycles. The Morgan fingerprint density at radius 1 is 1.38 bits per heavy atom. The maximum atomic E-state index is 5.39. The van der Waals surface area contributed by atoms with Crippen LogP contribution in [-0.2, 0) is 11.3 Å². The summed E-state index contributed by atoms with van der Waals surface area (Å²) in [5.41, 5.74) is 2.31. The minimum Gasteiger partial charge on any atom is -0.496 e. The highest BCUT2D eigenvalue weighted by Gasteiger charge is 2.24. The molecule has 1 aromatic rings. The van der Waals surface area contributed by atoms with Gasteiger partial charge in [0.1, 0.15) is 5.75 Å². The molecule has 0 aliphatic carbocycles. The third kappa shape index (κ3) is 5.81. The molecule has 0 amide bonds. The molecular formula is C18H30IN3O2. The Morgan fingerprint density at radius 3 is 2.83 bits per heavy atom. The van der Waals surface area contributed by atoms with Crippen LogP contribution in [-0.4, -0.2) is 51.3 Å². The number of halogens is 1. The SMILES string of the molecule is CCNC(=NCc1ccc(C)c(OC)c1)N1CCC(COC)C1.I. The van der Waals surface area contributed by atoms with Crippen molar-refractivity contribution in [2.45, 2.75) is 26.8 Å². The second kappa shape index (κ2) is 10.8. The average molecular weight is 447 g/mol. The largest absolute Gasteiger partial charge is 0.496 e. The maximum Gasteiger partial charge on any atom is 0.194 e. The van der Waals surface area contributed by atoms with E-state index in [2.05, 4.69) is 42.3 Å². The van der Waals surface area contributed by atoms with E-state index in [4.69, 9.17) is 14.5 Å². The Kier molecular flexibility index (Phi) is 9.43. The van der Waals surface area contributed by atoms with Gasteiger partial charge < -0.3 is 19.7 Å². The van der Waals surface area contributed by atoms with Gasteiger partial charge in [0.25, 0.3) is 0 Å². The van der Waals surface area contributed by atoms with Crippen molar-refractivity contribution in [3.8, 4) is 5.75 Å². The van der Waals surface area contributed by atoms with Crippen molar-refractivity contribution in [2.75, 3.05) is 40.5 Å². The Labute approximate surface area is 162 Å². The van der Waals surface area contributed by atoms with E-state index in [-0.39, 0.29) is 24.0 Å². The summed E-state index contributed by atoms with van der Waals surface area (Å²) >= 11 is 0. The second-order valence-electron chi connectivity index (χ2n) is 6.03. The van der Waals surface area contributed by atoms with Crippen LogP contribution in [0.4, 0.5) is 0 Å². The molecule has 1 aromatic carbocycles. The first kappa shape index (κ1) is 21.0. The summed E-state index contributed by atoms with van der Waals surface area (Å²) < 4.78 is 10.7. The zero-order valence-electron chi connectivity index (χ0n) is 15.2. The highest BCUT2D eigenvalue weighted by molar-refractivity contribution is 14.0. The molecule has 0 bridgehead atoms. The number of aliphatic imine (C=N–C) groups is 1. The first-order chi connectivity index (χ1) is 11.2. The van der Waals surface area contributed by atoms with Gasteiger partial charge in [-0.1, -0.05) is 12.1 Å². The Balaban J connectivity index is 0.00000288. The van der Waals surface area contributed by atoms with E-state index in [9.17, 15) is 0 Å². The Hall–Kier alpha value is -1.02. The first-order valence-corrected chi connectivity index (χ1v) is 8.33. The van der Waals surface area contributed by atoms with Crippen LogP contribution in [0.3, 0.4) is 0 Å². The fourth-order valence-corrected chi connectivity index (χ4v) is 2.95. The van der Waals surface area contributed by atoms with Gasteiger partial charge in [-0.2, -0.15) is 0 Å². The van der Waals surface area contributed by atoms with E-state index >= 15 is 0 Å². The lowest BCUT2D eigenvalue weighted by atomic mass is 10.1. The van der Waals surface area contributed by atoms with Gasteiger partial charge >= 0.3 is 0 Å². The van der Waals surface area contributed by atoms with E-state index in [1.807, 2.05) is 0 Å². The van der Waals surface area contributed by atoms with Crippen molar-refractivity contribution in [1.82, 2.24) is 10.2 Å². The first-order valence-electron chi connectivity index (χ1n) is 8.33. The minimum absolute atomic E-state index is 0. The summed E-state index contributed by atoms with van der Waals surface area (Å²) in [5.74, 6) is 2.51. The predicted octanol–water partition coefficient (Wildman–Crippen LogP) is 3.06. The summed E-state index contributed by atoms with van der Waals surface area (Å²) in [5, 5.41) is 3.40. The van der Waals surface area contributed by atoms with Crippen LogP contribution in [0, 0.1) is 12.8 Å². The normalized spacial score (nSPS) is 17.6. The van der Waals surface area contributed by atoms with E-state index in [0.717, 1.165) is 55.5 Å². The molecule has 1 unspecified atom stereocenters. The molecule has 0 aromatic heterocycles. The fraction of sp³-hybridized carbons (Fsp3) is 0.611. The van der Waals surface area contributed by atoms with Gasteiger partial charge in [-0.3, -0.25) is 0 Å². The van der Waals surface area contributed by atoms with Crippen molar-refractivity contribution in [1.29, 1.82) is 0 Å². The zero-order chi connectivity index (χ0) is 16.7. The molecular weight excluding hydrogens is 417 g/mol. The maximum absolute atomic E-state index is 5.39. The Morgan fingerprint density at radius 2 is 2.17 bits per heavy atom. The number of ether oxygens (including phenoxy) is 2. The highest BCUT2D eigenvalue weighted by Crippen LogP contribution is 2.20. The van der Waals surface area contributed by atoms with Crippen LogP contribution < -0.4 is 10.1 Å². The molecule has 2 rings (SSSR count). The standard InChI is InChI=1S/C18H29N3O2.HI/c1-5-19-18(21-9-8-16(12-21)13-22-3)20-11-15-7-6-14(2)17(10-15)23-4;/h6-7,10,16H,5,8-9,11-13H2,1-4H3,(H,19,20);1H. The van der Waals surface area contributed by atoms with Crippen LogP contribution in [0.2, 0.25) is 0 Å². The summed E-state index contributed by atoms with van der Waals surface area (Å²) in [6.45, 7) is 8.56. The van der Waals surface area contributed by atoms with Gasteiger partial charge in [-0.05, 0) is 37.5 Å². The number of nitrogens with zero attached hydrogens (tertiary/aromatic N) is 2. The number of likely N-dealkylation sites (tertiary alicyclic amines) is 1. The van der Waals surface area contributed by atoms with Crippen molar-refractivity contribution < 1.29 is 9.47 Å². The van der Waals surface area contributed by atoms with Gasteiger partial charge in [-0.15, -0.1) is 24.0 Å². The van der Waals surface area contributed by atoms with Gasteiger partial charge in [0.15, 0.2) is 5.96 Å². The van der Waals surface area contributed by atoms with Crippen LogP contribution in [0.15, 0.2) is 23.2 Å². The van der Waals surface area contributed by atoms with Crippen molar-refractivity contribution in [2.24, 2.45) is 10.9 Å². The number of hydrogen-bond acceptors (Lipinski definition) is 3. The van der Waals surface area contributed by atoms with E-state index < -0.39 is 0 Å². The molecule has 1 atom stereocenters. The third-order valence-corrected chi connectivity index (χ3v) is 4.21. The summed E-state index contributed by atoms with van der Waals surface area (Å²) in [4.78, 5) is 7.13. The fourth-order valence-electron chi connectivity index (χ4n) is 2.95. The van der Waals surface area contributed by atoms with E-state index in [1.165, 1.54) is 0 Å². The van der Waals surface area contributed by atoms with Gasteiger partial charge in [-0.25, -0.2) is 4.99 Å². The molecule has 0 saturated carbocycles. The molecule has 0 radical (unpaired) electrons. The molecule has 136 valence electrons. The number of aryl methyl sites for hydroxylation is 1. The molecule has 1 fully saturated rings. The molecule has 5 nitrogen and oxygen atoms in total.